The molecule has 7 nitrogen and oxygen atoms in total. The Morgan fingerprint density at radius 2 is 1.83 bits per heavy atom. The van der Waals surface area contributed by atoms with Gasteiger partial charge in [-0.05, 0) is 25.5 Å². The highest BCUT2D eigenvalue weighted by Crippen LogP contribution is 2.25. The van der Waals surface area contributed by atoms with Crippen molar-refractivity contribution >= 4 is 16.9 Å². The fourth-order valence-electron chi connectivity index (χ4n) is 2.87. The second-order valence-corrected chi connectivity index (χ2v) is 5.72. The van der Waals surface area contributed by atoms with Crippen molar-refractivity contribution in [1.29, 1.82) is 0 Å². The smallest absolute Gasteiger partial charge is 0.168 e. The molecule has 0 bridgehead atoms. The number of rotatable bonds is 6. The van der Waals surface area contributed by atoms with Crippen molar-refractivity contribution in [3.63, 3.8) is 0 Å². The molecule has 1 aromatic carbocycles. The van der Waals surface area contributed by atoms with E-state index in [1.807, 2.05) is 24.0 Å². The summed E-state index contributed by atoms with van der Waals surface area (Å²) in [5.74, 6) is 0.666. The second-order valence-electron chi connectivity index (χ2n) is 5.72. The molecule has 24 heavy (non-hydrogen) atoms. The van der Waals surface area contributed by atoms with Gasteiger partial charge in [0.15, 0.2) is 5.65 Å². The maximum atomic E-state index is 9.25. The predicted octanol–water partition coefficient (Wildman–Crippen LogP) is 1.22. The van der Waals surface area contributed by atoms with Crippen LogP contribution in [0.3, 0.4) is 0 Å². The van der Waals surface area contributed by atoms with Crippen LogP contribution < -0.4 is 4.90 Å². The van der Waals surface area contributed by atoms with Gasteiger partial charge < -0.3 is 15.1 Å². The Morgan fingerprint density at radius 3 is 2.50 bits per heavy atom. The minimum absolute atomic E-state index is 0.0172. The van der Waals surface area contributed by atoms with Crippen LogP contribution in [0.1, 0.15) is 11.1 Å². The summed E-state index contributed by atoms with van der Waals surface area (Å²) in [6.45, 7) is 4.85. The Balaban J connectivity index is 2.12. The van der Waals surface area contributed by atoms with E-state index in [-0.39, 0.29) is 13.2 Å². The number of aryl methyl sites for hydroxylation is 2. The van der Waals surface area contributed by atoms with Crippen LogP contribution in [0.4, 0.5) is 5.82 Å². The van der Waals surface area contributed by atoms with Gasteiger partial charge in [-0.15, -0.1) is 0 Å². The molecule has 0 fully saturated rings. The number of aliphatic hydroxyl groups excluding tert-OH is 2. The summed E-state index contributed by atoms with van der Waals surface area (Å²) in [6.07, 6.45) is 3.22. The fraction of sp³-hybridized carbons (Fsp3) is 0.353. The summed E-state index contributed by atoms with van der Waals surface area (Å²) in [5, 5.41) is 23.8. The lowest BCUT2D eigenvalue weighted by Gasteiger charge is -2.21. The third-order valence-corrected chi connectivity index (χ3v) is 3.96. The van der Waals surface area contributed by atoms with Gasteiger partial charge in [0.05, 0.1) is 30.5 Å². The highest BCUT2D eigenvalue weighted by molar-refractivity contribution is 5.87. The number of hydrogen-bond donors (Lipinski definition) is 2. The number of fused-ring (bicyclic) bond motifs is 1. The topological polar surface area (TPSA) is 87.3 Å². The van der Waals surface area contributed by atoms with Crippen molar-refractivity contribution in [2.45, 2.75) is 13.8 Å². The first-order valence-corrected chi connectivity index (χ1v) is 7.88. The average Bonchev–Trinajstić information content (AvgIpc) is 2.99. The van der Waals surface area contributed by atoms with E-state index < -0.39 is 0 Å². The van der Waals surface area contributed by atoms with Crippen LogP contribution in [0, 0.1) is 13.8 Å². The van der Waals surface area contributed by atoms with Crippen LogP contribution in [0.2, 0.25) is 0 Å². The third kappa shape index (κ3) is 2.95. The largest absolute Gasteiger partial charge is 0.395 e. The van der Waals surface area contributed by atoms with Crippen molar-refractivity contribution in [2.75, 3.05) is 31.2 Å². The summed E-state index contributed by atoms with van der Waals surface area (Å²) in [6, 6.07) is 6.18. The van der Waals surface area contributed by atoms with E-state index >= 15 is 0 Å². The molecule has 3 rings (SSSR count). The van der Waals surface area contributed by atoms with E-state index in [1.165, 1.54) is 11.9 Å². The lowest BCUT2D eigenvalue weighted by molar-refractivity contribution is 0.281. The number of nitrogens with zero attached hydrogens (tertiary/aromatic N) is 5. The van der Waals surface area contributed by atoms with Gasteiger partial charge in [-0.2, -0.15) is 5.10 Å². The van der Waals surface area contributed by atoms with Gasteiger partial charge in [-0.1, -0.05) is 17.7 Å². The Hall–Kier alpha value is -2.51. The normalized spacial score (nSPS) is 11.2. The van der Waals surface area contributed by atoms with Gasteiger partial charge in [0.25, 0.3) is 0 Å². The fourth-order valence-corrected chi connectivity index (χ4v) is 2.87. The first kappa shape index (κ1) is 16.4. The molecule has 0 amide bonds. The summed E-state index contributed by atoms with van der Waals surface area (Å²) in [7, 11) is 0. The zero-order chi connectivity index (χ0) is 17.1. The molecule has 0 spiro atoms. The predicted molar refractivity (Wildman–Crippen MR) is 92.5 cm³/mol. The summed E-state index contributed by atoms with van der Waals surface area (Å²) in [5.41, 5.74) is 3.98. The number of anilines is 1. The summed E-state index contributed by atoms with van der Waals surface area (Å²) >= 11 is 0. The highest BCUT2D eigenvalue weighted by atomic mass is 16.3. The van der Waals surface area contributed by atoms with E-state index in [9.17, 15) is 10.2 Å². The highest BCUT2D eigenvalue weighted by Gasteiger charge is 2.16. The van der Waals surface area contributed by atoms with Crippen LogP contribution in [-0.2, 0) is 0 Å². The Morgan fingerprint density at radius 1 is 1.08 bits per heavy atom. The maximum Gasteiger partial charge on any atom is 0.168 e. The Bertz CT molecular complexity index is 840. The first-order valence-electron chi connectivity index (χ1n) is 7.88. The number of hydrogen-bond acceptors (Lipinski definition) is 6. The minimum atomic E-state index is -0.0172. The van der Waals surface area contributed by atoms with E-state index in [2.05, 4.69) is 28.1 Å². The standard InChI is InChI=1S/C17H21N5O2/c1-12-3-4-15(13(2)9-12)22-17-14(10-20-22)16(18-11-19-17)21(5-7-23)6-8-24/h3-4,9-11,23-24H,5-8H2,1-2H3. The van der Waals surface area contributed by atoms with E-state index in [0.29, 0.717) is 24.6 Å². The summed E-state index contributed by atoms with van der Waals surface area (Å²) < 4.78 is 1.80. The zero-order valence-corrected chi connectivity index (χ0v) is 13.8. The molecule has 3 aromatic rings. The molecule has 0 radical (unpaired) electrons. The molecule has 0 saturated carbocycles. The SMILES string of the molecule is Cc1ccc(-n2ncc3c(N(CCO)CCO)ncnc32)c(C)c1. The summed E-state index contributed by atoms with van der Waals surface area (Å²) in [4.78, 5) is 10.5. The molecule has 0 aliphatic heterocycles. The van der Waals surface area contributed by atoms with Crippen molar-refractivity contribution in [3.05, 3.63) is 41.9 Å². The molecule has 0 aliphatic rings. The van der Waals surface area contributed by atoms with E-state index in [0.717, 1.165) is 16.6 Å². The molecule has 2 heterocycles. The number of aliphatic hydroxyl groups is 2. The van der Waals surface area contributed by atoms with Gasteiger partial charge in [-0.25, -0.2) is 14.6 Å². The van der Waals surface area contributed by atoms with Crippen LogP contribution in [0.25, 0.3) is 16.7 Å². The van der Waals surface area contributed by atoms with Crippen LogP contribution >= 0.6 is 0 Å². The van der Waals surface area contributed by atoms with Crippen LogP contribution in [0.5, 0.6) is 0 Å². The Kier molecular flexibility index (Phi) is 4.73. The molecule has 126 valence electrons. The van der Waals surface area contributed by atoms with Gasteiger partial charge in [0.1, 0.15) is 12.1 Å². The molecular formula is C17H21N5O2. The van der Waals surface area contributed by atoms with Crippen LogP contribution in [-0.4, -0.2) is 56.3 Å². The minimum Gasteiger partial charge on any atom is -0.395 e. The molecule has 0 saturated heterocycles. The first-order chi connectivity index (χ1) is 11.7. The monoisotopic (exact) mass is 327 g/mol. The van der Waals surface area contributed by atoms with Crippen molar-refractivity contribution in [1.82, 2.24) is 19.7 Å². The van der Waals surface area contributed by atoms with Gasteiger partial charge >= 0.3 is 0 Å². The molecule has 0 unspecified atom stereocenters. The zero-order valence-electron chi connectivity index (χ0n) is 13.8. The van der Waals surface area contributed by atoms with Crippen molar-refractivity contribution in [2.24, 2.45) is 0 Å². The number of aromatic nitrogens is 4. The lowest BCUT2D eigenvalue weighted by Crippen LogP contribution is -2.30. The lowest BCUT2D eigenvalue weighted by atomic mass is 10.1. The molecule has 0 atom stereocenters. The van der Waals surface area contributed by atoms with Gasteiger partial charge in [-0.3, -0.25) is 0 Å². The third-order valence-electron chi connectivity index (χ3n) is 3.96. The molecule has 0 aliphatic carbocycles. The van der Waals surface area contributed by atoms with E-state index in [1.54, 1.807) is 10.9 Å². The molecular weight excluding hydrogens is 306 g/mol. The average molecular weight is 327 g/mol. The Labute approximate surface area is 140 Å². The van der Waals surface area contributed by atoms with Crippen molar-refractivity contribution < 1.29 is 10.2 Å². The van der Waals surface area contributed by atoms with Crippen LogP contribution in [0.15, 0.2) is 30.7 Å². The molecule has 2 aromatic heterocycles. The number of benzene rings is 1. The van der Waals surface area contributed by atoms with Gasteiger partial charge in [0.2, 0.25) is 0 Å². The quantitative estimate of drug-likeness (QED) is 0.708. The van der Waals surface area contributed by atoms with Crippen molar-refractivity contribution in [3.8, 4) is 5.69 Å². The molecule has 2 N–H and O–H groups in total. The van der Waals surface area contributed by atoms with Gasteiger partial charge in [0, 0.05) is 13.1 Å². The molecule has 7 heteroatoms. The maximum absolute atomic E-state index is 9.25. The second kappa shape index (κ2) is 6.94. The van der Waals surface area contributed by atoms with E-state index in [4.69, 9.17) is 0 Å².